The third-order valence-electron chi connectivity index (χ3n) is 4.56. The lowest BCUT2D eigenvalue weighted by Crippen LogP contribution is -2.20. The van der Waals surface area contributed by atoms with Crippen LogP contribution in [0.5, 0.6) is 23.0 Å². The molecule has 0 aliphatic carbocycles. The summed E-state index contributed by atoms with van der Waals surface area (Å²) in [6, 6.07) is 5.04. The molecule has 0 spiro atoms. The molecule has 0 fully saturated rings. The molecule has 0 saturated carbocycles. The van der Waals surface area contributed by atoms with Crippen molar-refractivity contribution in [2.75, 3.05) is 12.4 Å². The Balaban J connectivity index is 2.09. The zero-order chi connectivity index (χ0) is 28.4. The third-order valence-corrected chi connectivity index (χ3v) is 4.85. The molecule has 2 amide bonds. The Kier molecular flexibility index (Phi) is 7.90. The van der Waals surface area contributed by atoms with Crippen molar-refractivity contribution >= 4 is 29.1 Å². The fourth-order valence-corrected chi connectivity index (χ4v) is 3.22. The van der Waals surface area contributed by atoms with Crippen LogP contribution in [-0.4, -0.2) is 30.3 Å². The average molecular weight is 568 g/mol. The van der Waals surface area contributed by atoms with Gasteiger partial charge in [0.1, 0.15) is 39.8 Å². The van der Waals surface area contributed by atoms with Crippen molar-refractivity contribution in [3.05, 3.63) is 70.3 Å². The summed E-state index contributed by atoms with van der Waals surface area (Å²) in [5.74, 6) is -7.57. The van der Waals surface area contributed by atoms with Crippen molar-refractivity contribution in [1.29, 1.82) is 0 Å². The van der Waals surface area contributed by atoms with E-state index in [9.17, 15) is 35.9 Å². The van der Waals surface area contributed by atoms with E-state index in [-0.39, 0.29) is 11.4 Å². The molecule has 2 aromatic carbocycles. The van der Waals surface area contributed by atoms with E-state index < -0.39 is 69.3 Å². The molecule has 0 aliphatic heterocycles. The normalized spacial score (nSPS) is 11.6. The minimum atomic E-state index is -5.32. The van der Waals surface area contributed by atoms with Crippen LogP contribution in [0.4, 0.5) is 36.4 Å². The Labute approximate surface area is 213 Å². The number of carbonyl (C=O) groups is 2. The number of aromatic nitrogens is 1. The monoisotopic (exact) mass is 567 g/mol. The van der Waals surface area contributed by atoms with E-state index in [1.807, 2.05) is 0 Å². The van der Waals surface area contributed by atoms with Gasteiger partial charge < -0.3 is 25.3 Å². The minimum absolute atomic E-state index is 0.165. The fourth-order valence-electron chi connectivity index (χ4n) is 3.01. The Morgan fingerprint density at radius 3 is 2.18 bits per heavy atom. The number of amides is 2. The van der Waals surface area contributed by atoms with Gasteiger partial charge in [0.15, 0.2) is 5.82 Å². The number of benzene rings is 2. The lowest BCUT2D eigenvalue weighted by molar-refractivity contribution is -0.274. The number of ether oxygens (including phenoxy) is 3. The van der Waals surface area contributed by atoms with E-state index >= 15 is 4.39 Å². The molecule has 8 nitrogen and oxygen atoms in total. The summed E-state index contributed by atoms with van der Waals surface area (Å²) in [7, 11) is 0.801. The molecule has 3 N–H and O–H groups in total. The third kappa shape index (κ3) is 6.53. The van der Waals surface area contributed by atoms with Crippen LogP contribution < -0.4 is 25.3 Å². The number of halogens is 8. The molecule has 0 bridgehead atoms. The molecule has 0 atom stereocenters. The molecular formula is C22H13ClF7N3O5. The molecule has 0 saturated heterocycles. The molecule has 1 aromatic heterocycles. The Morgan fingerprint density at radius 2 is 1.68 bits per heavy atom. The quantitative estimate of drug-likeness (QED) is 0.342. The number of primary amides is 1. The Morgan fingerprint density at radius 1 is 1.00 bits per heavy atom. The van der Waals surface area contributed by atoms with Crippen molar-refractivity contribution in [3.8, 4) is 23.0 Å². The van der Waals surface area contributed by atoms with E-state index in [4.69, 9.17) is 22.1 Å². The van der Waals surface area contributed by atoms with Gasteiger partial charge in [0.05, 0.1) is 24.0 Å². The summed E-state index contributed by atoms with van der Waals surface area (Å²) in [5.41, 5.74) is 1.50. The van der Waals surface area contributed by atoms with Gasteiger partial charge >= 0.3 is 12.5 Å². The zero-order valence-electron chi connectivity index (χ0n) is 18.6. The first-order chi connectivity index (χ1) is 17.6. The summed E-state index contributed by atoms with van der Waals surface area (Å²) in [4.78, 5) is 27.7. The summed E-state index contributed by atoms with van der Waals surface area (Å²) >= 11 is 5.90. The number of methoxy groups -OCH3 is 1. The lowest BCUT2D eigenvalue weighted by atomic mass is 10.1. The van der Waals surface area contributed by atoms with E-state index in [1.54, 1.807) is 0 Å². The van der Waals surface area contributed by atoms with Crippen LogP contribution in [-0.2, 0) is 6.18 Å². The number of anilines is 1. The number of hydrogen-bond donors (Lipinski definition) is 2. The van der Waals surface area contributed by atoms with E-state index in [1.165, 1.54) is 0 Å². The van der Waals surface area contributed by atoms with Crippen molar-refractivity contribution in [2.45, 2.75) is 12.5 Å². The number of rotatable bonds is 7. The molecule has 0 unspecified atom stereocenters. The van der Waals surface area contributed by atoms with Gasteiger partial charge in [-0.25, -0.2) is 9.37 Å². The molecule has 0 radical (unpaired) electrons. The van der Waals surface area contributed by atoms with Gasteiger partial charge in [-0.2, -0.15) is 13.2 Å². The summed E-state index contributed by atoms with van der Waals surface area (Å²) in [6.07, 6.45) is -9.44. The summed E-state index contributed by atoms with van der Waals surface area (Å²) in [6.45, 7) is 0. The van der Waals surface area contributed by atoms with Gasteiger partial charge in [-0.05, 0) is 24.3 Å². The second-order valence-corrected chi connectivity index (χ2v) is 7.54. The molecule has 1 heterocycles. The predicted octanol–water partition coefficient (Wildman–Crippen LogP) is 5.94. The summed E-state index contributed by atoms with van der Waals surface area (Å²) in [5, 5.41) is 1.57. The number of hydrogen-bond acceptors (Lipinski definition) is 6. The minimum Gasteiger partial charge on any atom is -0.496 e. The molecule has 3 rings (SSSR count). The van der Waals surface area contributed by atoms with Gasteiger partial charge in [0, 0.05) is 12.1 Å². The molecule has 202 valence electrons. The number of carbonyl (C=O) groups excluding carboxylic acids is 2. The first-order valence-corrected chi connectivity index (χ1v) is 10.3. The van der Waals surface area contributed by atoms with Gasteiger partial charge in [0.25, 0.3) is 11.8 Å². The van der Waals surface area contributed by atoms with Crippen molar-refractivity contribution in [2.24, 2.45) is 5.73 Å². The molecule has 3 aromatic rings. The maximum absolute atomic E-state index is 15.3. The standard InChI is InChI=1S/C22H13ClF7N3O5/c1-36-15-7-14(37-13-5-3-10(6-11(13)23)38-22(28,29)30)16(18(24)17(15)21(25,26)27)20(35)33-9-2-4-12(19(31)34)32-8-9/h2-8H,1H3,(H2,31,34)(H,33,35). The predicted molar refractivity (Wildman–Crippen MR) is 117 cm³/mol. The van der Waals surface area contributed by atoms with Gasteiger partial charge in [-0.15, -0.1) is 13.2 Å². The highest BCUT2D eigenvalue weighted by molar-refractivity contribution is 6.32. The van der Waals surface area contributed by atoms with E-state index in [2.05, 4.69) is 19.8 Å². The van der Waals surface area contributed by atoms with Gasteiger partial charge in [0.2, 0.25) is 0 Å². The largest absolute Gasteiger partial charge is 0.573 e. The SMILES string of the molecule is COc1cc(Oc2ccc(OC(F)(F)F)cc2Cl)c(C(=O)Nc2ccc(C(N)=O)nc2)c(F)c1C(F)(F)F. The van der Waals surface area contributed by atoms with Crippen LogP contribution in [0.15, 0.2) is 42.6 Å². The van der Waals surface area contributed by atoms with Crippen LogP contribution >= 0.6 is 11.6 Å². The van der Waals surface area contributed by atoms with Crippen LogP contribution in [0, 0.1) is 5.82 Å². The maximum atomic E-state index is 15.3. The van der Waals surface area contributed by atoms with Gasteiger partial charge in [-0.3, -0.25) is 9.59 Å². The van der Waals surface area contributed by atoms with E-state index in [0.717, 1.165) is 37.6 Å². The van der Waals surface area contributed by atoms with E-state index in [0.29, 0.717) is 12.1 Å². The second-order valence-electron chi connectivity index (χ2n) is 7.13. The van der Waals surface area contributed by atoms with Crippen molar-refractivity contribution in [3.63, 3.8) is 0 Å². The number of pyridine rings is 1. The average Bonchev–Trinajstić information content (AvgIpc) is 2.78. The fraction of sp³-hybridized carbons (Fsp3) is 0.136. The van der Waals surface area contributed by atoms with Crippen LogP contribution in [0.3, 0.4) is 0 Å². The number of alkyl halides is 6. The molecule has 16 heteroatoms. The highest BCUT2D eigenvalue weighted by Crippen LogP contribution is 2.44. The Hall–Kier alpha value is -4.27. The molecule has 38 heavy (non-hydrogen) atoms. The molecular weight excluding hydrogens is 555 g/mol. The number of nitrogens with zero attached hydrogens (tertiary/aromatic N) is 1. The van der Waals surface area contributed by atoms with Crippen molar-refractivity contribution in [1.82, 2.24) is 4.98 Å². The van der Waals surface area contributed by atoms with Crippen LogP contribution in [0.25, 0.3) is 0 Å². The summed E-state index contributed by atoms with van der Waals surface area (Å²) < 4.78 is 107. The first kappa shape index (κ1) is 28.3. The highest BCUT2D eigenvalue weighted by atomic mass is 35.5. The number of nitrogens with two attached hydrogens (primary N) is 1. The second kappa shape index (κ2) is 10.6. The topological polar surface area (TPSA) is 113 Å². The van der Waals surface area contributed by atoms with Crippen LogP contribution in [0.2, 0.25) is 5.02 Å². The lowest BCUT2D eigenvalue weighted by Gasteiger charge is -2.19. The highest BCUT2D eigenvalue weighted by Gasteiger charge is 2.41. The zero-order valence-corrected chi connectivity index (χ0v) is 19.4. The number of nitrogens with one attached hydrogen (secondary N) is 1. The maximum Gasteiger partial charge on any atom is 0.573 e. The van der Waals surface area contributed by atoms with Gasteiger partial charge in [-0.1, -0.05) is 11.6 Å². The first-order valence-electron chi connectivity index (χ1n) is 9.88. The van der Waals surface area contributed by atoms with Crippen molar-refractivity contribution < 1.29 is 54.5 Å². The smallest absolute Gasteiger partial charge is 0.496 e. The van der Waals surface area contributed by atoms with Crippen LogP contribution in [0.1, 0.15) is 26.4 Å². The molecule has 0 aliphatic rings. The Bertz CT molecular complexity index is 1380.